The molecule has 178 valence electrons. The third-order valence-electron chi connectivity index (χ3n) is 6.37. The maximum atomic E-state index is 15.4. The zero-order valence-electron chi connectivity index (χ0n) is 18.5. The Bertz CT molecular complexity index is 1300. The molecule has 9 nitrogen and oxygen atoms in total. The highest BCUT2D eigenvalue weighted by molar-refractivity contribution is 5.99. The first kappa shape index (κ1) is 22.1. The summed E-state index contributed by atoms with van der Waals surface area (Å²) >= 11 is 0. The molecule has 34 heavy (non-hydrogen) atoms. The van der Waals surface area contributed by atoms with Crippen molar-refractivity contribution in [3.63, 3.8) is 0 Å². The normalized spacial score (nSPS) is 21.6. The predicted octanol–water partition coefficient (Wildman–Crippen LogP) is 3.95. The molecule has 0 spiro atoms. The number of hydrogen-bond donors (Lipinski definition) is 3. The molecular formula is C23H23F2N5O4. The minimum absolute atomic E-state index is 0.00898. The lowest BCUT2D eigenvalue weighted by atomic mass is 9.97. The monoisotopic (exact) mass is 471 g/mol. The van der Waals surface area contributed by atoms with E-state index < -0.39 is 24.3 Å². The van der Waals surface area contributed by atoms with E-state index in [1.807, 2.05) is 6.92 Å². The number of nitrogens with zero attached hydrogens (tertiary/aromatic N) is 3. The predicted molar refractivity (Wildman–Crippen MR) is 122 cm³/mol. The van der Waals surface area contributed by atoms with Crippen LogP contribution in [0.4, 0.5) is 30.8 Å². The van der Waals surface area contributed by atoms with Crippen LogP contribution in [0.15, 0.2) is 24.5 Å². The maximum Gasteiger partial charge on any atom is 0.413 e. The summed E-state index contributed by atoms with van der Waals surface area (Å²) in [6.07, 6.45) is 0.101. The van der Waals surface area contributed by atoms with Gasteiger partial charge in [0.2, 0.25) is 5.88 Å². The molecule has 5 rings (SSSR count). The number of carbonyl (C=O) groups is 1. The van der Waals surface area contributed by atoms with E-state index in [9.17, 15) is 14.3 Å². The van der Waals surface area contributed by atoms with Gasteiger partial charge in [-0.05, 0) is 30.0 Å². The highest BCUT2D eigenvalue weighted by Crippen LogP contribution is 2.40. The molecule has 4 N–H and O–H groups in total. The summed E-state index contributed by atoms with van der Waals surface area (Å²) in [7, 11) is 0. The van der Waals surface area contributed by atoms with Gasteiger partial charge in [0.15, 0.2) is 5.82 Å². The molecule has 0 aliphatic carbocycles. The summed E-state index contributed by atoms with van der Waals surface area (Å²) in [5, 5.41) is 13.7. The number of nitrogens with one attached hydrogen (secondary N) is 1. The van der Waals surface area contributed by atoms with E-state index in [2.05, 4.69) is 15.3 Å². The number of hydrogen-bond acceptors (Lipinski definition) is 7. The van der Waals surface area contributed by atoms with Gasteiger partial charge in [-0.15, -0.1) is 0 Å². The Labute approximate surface area is 193 Å². The number of halogens is 2. The second kappa shape index (κ2) is 8.24. The molecule has 0 bridgehead atoms. The van der Waals surface area contributed by atoms with E-state index >= 15 is 4.39 Å². The zero-order chi connectivity index (χ0) is 24.1. The van der Waals surface area contributed by atoms with Gasteiger partial charge >= 0.3 is 6.09 Å². The van der Waals surface area contributed by atoms with Gasteiger partial charge in [-0.3, -0.25) is 4.90 Å². The first-order chi connectivity index (χ1) is 16.3. The summed E-state index contributed by atoms with van der Waals surface area (Å²) in [6, 6.07) is 2.76. The minimum Gasteiger partial charge on any atom is -0.465 e. The van der Waals surface area contributed by atoms with Gasteiger partial charge in [-0.1, -0.05) is 6.92 Å². The second-order valence-corrected chi connectivity index (χ2v) is 8.54. The molecule has 2 aliphatic rings. The number of aromatic nitrogens is 2. The molecule has 1 aromatic carbocycles. The molecule has 1 fully saturated rings. The van der Waals surface area contributed by atoms with E-state index in [0.717, 1.165) is 0 Å². The van der Waals surface area contributed by atoms with Crippen molar-refractivity contribution < 1.29 is 28.2 Å². The highest BCUT2D eigenvalue weighted by Gasteiger charge is 2.35. The Hall–Kier alpha value is -3.73. The first-order valence-electron chi connectivity index (χ1n) is 10.8. The fourth-order valence-corrected chi connectivity index (χ4v) is 4.50. The van der Waals surface area contributed by atoms with Crippen LogP contribution in [-0.2, 0) is 4.74 Å². The Morgan fingerprint density at radius 3 is 2.76 bits per heavy atom. The van der Waals surface area contributed by atoms with Crippen LogP contribution >= 0.6 is 0 Å². The van der Waals surface area contributed by atoms with Gasteiger partial charge in [-0.25, -0.2) is 19.2 Å². The Morgan fingerprint density at radius 1 is 1.26 bits per heavy atom. The molecule has 4 heterocycles. The van der Waals surface area contributed by atoms with Gasteiger partial charge in [0, 0.05) is 34.8 Å². The number of anilines is 3. The van der Waals surface area contributed by atoms with Crippen molar-refractivity contribution in [1.29, 1.82) is 0 Å². The van der Waals surface area contributed by atoms with E-state index in [0.29, 0.717) is 34.2 Å². The van der Waals surface area contributed by atoms with Crippen LogP contribution in [0.1, 0.15) is 12.5 Å². The molecule has 2 aromatic heterocycles. The van der Waals surface area contributed by atoms with Gasteiger partial charge in [0.05, 0.1) is 31.5 Å². The molecule has 0 saturated carbocycles. The van der Waals surface area contributed by atoms with Crippen LogP contribution < -0.4 is 20.7 Å². The molecule has 1 amide bonds. The standard InChI is InChI=1S/C23H23F2N5O4/c1-10-8-33-9-16(10)30(23(31)32)18-4-12-3-13(19(25)20(26)15(12)6-27-18)14-5-29-22-21(11(14)2)28-7-17(24)34-22/h3-6,10,16-17,28H,7-9,26H2,1-2H3,(H,31,32). The van der Waals surface area contributed by atoms with Crippen molar-refractivity contribution in [3.05, 3.63) is 35.9 Å². The Balaban J connectivity index is 1.63. The van der Waals surface area contributed by atoms with Crippen LogP contribution in [-0.4, -0.2) is 53.3 Å². The number of benzene rings is 1. The number of pyridine rings is 2. The second-order valence-electron chi connectivity index (χ2n) is 8.54. The van der Waals surface area contributed by atoms with Crippen LogP contribution in [0, 0.1) is 18.7 Å². The Morgan fingerprint density at radius 2 is 2.06 bits per heavy atom. The average molecular weight is 471 g/mol. The number of rotatable bonds is 3. The summed E-state index contributed by atoms with van der Waals surface area (Å²) in [4.78, 5) is 21.7. The fourth-order valence-electron chi connectivity index (χ4n) is 4.50. The number of nitrogen functional groups attached to an aromatic ring is 1. The SMILES string of the molecule is Cc1c(-c2cc3cc(N(C(=O)O)C4COCC4C)ncc3c(N)c2F)cnc2c1NCC(F)O2. The average Bonchev–Trinajstić information content (AvgIpc) is 3.21. The highest BCUT2D eigenvalue weighted by atomic mass is 19.1. The van der Waals surface area contributed by atoms with Crippen LogP contribution in [0.25, 0.3) is 21.9 Å². The van der Waals surface area contributed by atoms with Crippen molar-refractivity contribution in [2.75, 3.05) is 35.7 Å². The molecular weight excluding hydrogens is 448 g/mol. The Kier molecular flexibility index (Phi) is 5.35. The fraction of sp³-hybridized carbons (Fsp3) is 0.348. The number of nitrogens with two attached hydrogens (primary N) is 1. The van der Waals surface area contributed by atoms with Gasteiger partial charge in [0.25, 0.3) is 6.36 Å². The summed E-state index contributed by atoms with van der Waals surface area (Å²) in [5.74, 6) is -0.362. The lowest BCUT2D eigenvalue weighted by Gasteiger charge is -2.27. The molecule has 11 heteroatoms. The van der Waals surface area contributed by atoms with Crippen molar-refractivity contribution in [3.8, 4) is 17.0 Å². The lowest BCUT2D eigenvalue weighted by molar-refractivity contribution is 0.0688. The first-order valence-corrected chi connectivity index (χ1v) is 10.8. The van der Waals surface area contributed by atoms with Crippen molar-refractivity contribution in [2.45, 2.75) is 26.2 Å². The smallest absolute Gasteiger partial charge is 0.413 e. The van der Waals surface area contributed by atoms with Crippen LogP contribution in [0.3, 0.4) is 0 Å². The zero-order valence-corrected chi connectivity index (χ0v) is 18.5. The molecule has 2 aliphatic heterocycles. The van der Waals surface area contributed by atoms with Crippen molar-refractivity contribution in [1.82, 2.24) is 9.97 Å². The summed E-state index contributed by atoms with van der Waals surface area (Å²) in [6.45, 7) is 4.32. The van der Waals surface area contributed by atoms with Gasteiger partial charge in [0.1, 0.15) is 11.5 Å². The molecule has 3 atom stereocenters. The van der Waals surface area contributed by atoms with E-state index in [-0.39, 0.29) is 42.0 Å². The third-order valence-corrected chi connectivity index (χ3v) is 6.37. The van der Waals surface area contributed by atoms with E-state index in [1.54, 1.807) is 19.1 Å². The van der Waals surface area contributed by atoms with E-state index in [4.69, 9.17) is 15.2 Å². The summed E-state index contributed by atoms with van der Waals surface area (Å²) in [5.41, 5.74) is 7.73. The number of carboxylic acid groups (broad SMARTS) is 1. The van der Waals surface area contributed by atoms with Crippen molar-refractivity contribution in [2.24, 2.45) is 5.92 Å². The van der Waals surface area contributed by atoms with Crippen molar-refractivity contribution >= 4 is 34.1 Å². The number of fused-ring (bicyclic) bond motifs is 2. The van der Waals surface area contributed by atoms with Gasteiger partial charge < -0.3 is 25.6 Å². The molecule has 1 saturated heterocycles. The number of alkyl halides is 1. The topological polar surface area (TPSA) is 123 Å². The molecule has 0 radical (unpaired) electrons. The maximum absolute atomic E-state index is 15.4. The number of ether oxygens (including phenoxy) is 2. The lowest BCUT2D eigenvalue weighted by Crippen LogP contribution is -2.43. The number of amides is 1. The van der Waals surface area contributed by atoms with Gasteiger partial charge in [-0.2, -0.15) is 4.39 Å². The van der Waals surface area contributed by atoms with Crippen LogP contribution in [0.5, 0.6) is 5.88 Å². The minimum atomic E-state index is -1.52. The molecule has 3 aromatic rings. The van der Waals surface area contributed by atoms with E-state index in [1.165, 1.54) is 17.3 Å². The molecule has 3 unspecified atom stereocenters. The van der Waals surface area contributed by atoms with Crippen LogP contribution in [0.2, 0.25) is 0 Å². The third kappa shape index (κ3) is 3.52. The summed E-state index contributed by atoms with van der Waals surface area (Å²) < 4.78 is 39.5. The largest absolute Gasteiger partial charge is 0.465 e. The quantitative estimate of drug-likeness (QED) is 0.491.